The fraction of sp³-hybridized carbons (Fsp3) is 0.364. The van der Waals surface area contributed by atoms with E-state index in [0.29, 0.717) is 31.9 Å². The first kappa shape index (κ1) is 20.7. The lowest BCUT2D eigenvalue weighted by Gasteiger charge is -2.41. The van der Waals surface area contributed by atoms with Crippen LogP contribution in [0.2, 0.25) is 0 Å². The highest BCUT2D eigenvalue weighted by Crippen LogP contribution is 2.45. The SMILES string of the molecule is CCOC(=O)c1sc(NC(=O)c2sc3nc4c(cc3c2N)N2CCC4CC2)c(C#N)c1C. The molecular formula is C22H21N5O3S2. The van der Waals surface area contributed by atoms with Crippen LogP contribution in [-0.2, 0) is 4.74 Å². The fourth-order valence-electron chi connectivity index (χ4n) is 4.45. The molecule has 10 heteroatoms. The third-order valence-electron chi connectivity index (χ3n) is 6.10. The first-order valence-electron chi connectivity index (χ1n) is 10.4. The summed E-state index contributed by atoms with van der Waals surface area (Å²) in [6, 6.07) is 4.13. The summed E-state index contributed by atoms with van der Waals surface area (Å²) >= 11 is 2.29. The molecule has 1 amide bonds. The van der Waals surface area contributed by atoms with E-state index in [2.05, 4.69) is 22.4 Å². The van der Waals surface area contributed by atoms with E-state index in [4.69, 9.17) is 15.5 Å². The van der Waals surface area contributed by atoms with Crippen molar-refractivity contribution in [1.29, 1.82) is 5.26 Å². The first-order chi connectivity index (χ1) is 15.4. The average molecular weight is 468 g/mol. The second-order valence-corrected chi connectivity index (χ2v) is 9.92. The van der Waals surface area contributed by atoms with Crippen molar-refractivity contribution in [2.24, 2.45) is 0 Å². The zero-order valence-corrected chi connectivity index (χ0v) is 19.3. The van der Waals surface area contributed by atoms with Gasteiger partial charge in [-0.3, -0.25) is 4.79 Å². The van der Waals surface area contributed by atoms with Crippen LogP contribution in [0.1, 0.15) is 61.8 Å². The molecule has 8 nitrogen and oxygen atoms in total. The van der Waals surface area contributed by atoms with Gasteiger partial charge in [-0.2, -0.15) is 5.26 Å². The molecule has 3 aliphatic heterocycles. The number of amides is 1. The van der Waals surface area contributed by atoms with Gasteiger partial charge in [0.05, 0.1) is 29.2 Å². The molecule has 0 unspecified atom stereocenters. The van der Waals surface area contributed by atoms with Crippen LogP contribution in [0, 0.1) is 18.3 Å². The molecule has 164 valence electrons. The number of nitrogen functional groups attached to an aromatic ring is 1. The summed E-state index contributed by atoms with van der Waals surface area (Å²) in [5, 5.41) is 13.4. The summed E-state index contributed by atoms with van der Waals surface area (Å²) < 4.78 is 5.06. The maximum atomic E-state index is 13.1. The Bertz CT molecular complexity index is 1310. The number of pyridine rings is 1. The van der Waals surface area contributed by atoms with Crippen molar-refractivity contribution >= 4 is 61.1 Å². The van der Waals surface area contributed by atoms with Crippen molar-refractivity contribution in [2.45, 2.75) is 32.6 Å². The standard InChI is InChI=1S/C22H21N5O3S2/c1-3-30-22(29)17-10(2)13(9-23)21(31-17)26-19(28)18-15(24)12-8-14-16(25-20(12)32-18)11-4-6-27(14)7-5-11/h8,11H,3-7,24H2,1-2H3,(H,26,28). The van der Waals surface area contributed by atoms with E-state index < -0.39 is 11.9 Å². The summed E-state index contributed by atoms with van der Waals surface area (Å²) in [7, 11) is 0. The number of carbonyl (C=O) groups is 2. The Hall–Kier alpha value is -3.16. The van der Waals surface area contributed by atoms with E-state index in [9.17, 15) is 14.9 Å². The molecule has 1 saturated heterocycles. The number of nitrogens with two attached hydrogens (primary N) is 1. The van der Waals surface area contributed by atoms with Crippen LogP contribution in [0.3, 0.4) is 0 Å². The molecule has 3 N–H and O–H groups in total. The Labute approximate surface area is 192 Å². The van der Waals surface area contributed by atoms with Gasteiger partial charge in [-0.15, -0.1) is 22.7 Å². The van der Waals surface area contributed by atoms with Crippen LogP contribution in [0.4, 0.5) is 16.4 Å². The highest BCUT2D eigenvalue weighted by Gasteiger charge is 2.33. The quantitative estimate of drug-likeness (QED) is 0.550. The van der Waals surface area contributed by atoms with E-state index in [0.717, 1.165) is 58.9 Å². The number of hydrogen-bond donors (Lipinski definition) is 2. The molecule has 32 heavy (non-hydrogen) atoms. The first-order valence-corrected chi connectivity index (χ1v) is 12.1. The Morgan fingerprint density at radius 2 is 2.09 bits per heavy atom. The molecular weight excluding hydrogens is 446 g/mol. The molecule has 0 aliphatic carbocycles. The number of nitrogens with zero attached hydrogens (tertiary/aromatic N) is 3. The van der Waals surface area contributed by atoms with Crippen LogP contribution in [-0.4, -0.2) is 36.6 Å². The number of aromatic nitrogens is 1. The van der Waals surface area contributed by atoms with Gasteiger partial charge in [0, 0.05) is 24.4 Å². The zero-order chi connectivity index (χ0) is 22.6. The largest absolute Gasteiger partial charge is 0.462 e. The number of anilines is 3. The van der Waals surface area contributed by atoms with Crippen LogP contribution in [0.5, 0.6) is 0 Å². The van der Waals surface area contributed by atoms with Crippen molar-refractivity contribution < 1.29 is 14.3 Å². The van der Waals surface area contributed by atoms with Gasteiger partial charge >= 0.3 is 5.97 Å². The maximum absolute atomic E-state index is 13.1. The van der Waals surface area contributed by atoms with Crippen molar-refractivity contribution in [3.63, 3.8) is 0 Å². The normalized spacial score (nSPS) is 15.0. The van der Waals surface area contributed by atoms with E-state index in [1.54, 1.807) is 13.8 Å². The van der Waals surface area contributed by atoms with Gasteiger partial charge in [-0.1, -0.05) is 0 Å². The van der Waals surface area contributed by atoms with Crippen molar-refractivity contribution in [1.82, 2.24) is 4.98 Å². The Morgan fingerprint density at radius 1 is 1.34 bits per heavy atom. The number of fused-ring (bicyclic) bond motifs is 3. The second kappa shape index (κ2) is 7.76. The average Bonchev–Trinajstić information content (AvgIpc) is 3.29. The number of ether oxygens (including phenoxy) is 1. The van der Waals surface area contributed by atoms with Crippen molar-refractivity contribution in [3.8, 4) is 6.07 Å². The van der Waals surface area contributed by atoms with E-state index in [-0.39, 0.29) is 12.2 Å². The van der Waals surface area contributed by atoms with Gasteiger partial charge < -0.3 is 20.7 Å². The van der Waals surface area contributed by atoms with Crippen molar-refractivity contribution in [3.05, 3.63) is 32.6 Å². The van der Waals surface area contributed by atoms with E-state index in [1.807, 2.05) is 0 Å². The number of piperidine rings is 1. The predicted molar refractivity (Wildman–Crippen MR) is 126 cm³/mol. The Balaban J connectivity index is 1.50. The molecule has 3 aromatic rings. The number of carbonyl (C=O) groups excluding carboxylic acids is 2. The third kappa shape index (κ3) is 3.12. The lowest BCUT2D eigenvalue weighted by molar-refractivity contribution is 0.0531. The van der Waals surface area contributed by atoms with Gasteiger partial charge in [0.1, 0.15) is 25.7 Å². The van der Waals surface area contributed by atoms with E-state index >= 15 is 0 Å². The molecule has 2 bridgehead atoms. The van der Waals surface area contributed by atoms with Crippen LogP contribution in [0.25, 0.3) is 10.2 Å². The van der Waals surface area contributed by atoms with E-state index in [1.165, 1.54) is 11.3 Å². The summed E-state index contributed by atoms with van der Waals surface area (Å²) in [5.74, 6) is -0.457. The van der Waals surface area contributed by atoms with Gasteiger partial charge in [0.15, 0.2) is 0 Å². The minimum absolute atomic E-state index is 0.229. The lowest BCUT2D eigenvalue weighted by Crippen LogP contribution is -2.39. The number of rotatable bonds is 4. The van der Waals surface area contributed by atoms with Gasteiger partial charge in [-0.25, -0.2) is 9.78 Å². The lowest BCUT2D eigenvalue weighted by atomic mass is 9.86. The van der Waals surface area contributed by atoms with Crippen LogP contribution in [0.15, 0.2) is 6.07 Å². The summed E-state index contributed by atoms with van der Waals surface area (Å²) in [5.41, 5.74) is 9.73. The predicted octanol–water partition coefficient (Wildman–Crippen LogP) is 4.25. The molecule has 0 radical (unpaired) electrons. The molecule has 3 aliphatic rings. The maximum Gasteiger partial charge on any atom is 0.348 e. The number of thiophene rings is 2. The second-order valence-electron chi connectivity index (χ2n) is 7.90. The molecule has 6 rings (SSSR count). The van der Waals surface area contributed by atoms with Crippen molar-refractivity contribution in [2.75, 3.05) is 35.6 Å². The Kier molecular flexibility index (Phi) is 5.03. The van der Waals surface area contributed by atoms with Crippen LogP contribution >= 0.6 is 22.7 Å². The third-order valence-corrected chi connectivity index (χ3v) is 8.41. The minimum atomic E-state index is -0.507. The smallest absolute Gasteiger partial charge is 0.348 e. The molecule has 1 fully saturated rings. The summed E-state index contributed by atoms with van der Waals surface area (Å²) in [4.78, 5) is 33.9. The zero-order valence-electron chi connectivity index (χ0n) is 17.7. The van der Waals surface area contributed by atoms with Crippen LogP contribution < -0.4 is 16.0 Å². The van der Waals surface area contributed by atoms with Gasteiger partial charge in [0.2, 0.25) is 0 Å². The Morgan fingerprint density at radius 3 is 2.78 bits per heavy atom. The molecule has 0 aromatic carbocycles. The number of hydrogen-bond acceptors (Lipinski definition) is 9. The minimum Gasteiger partial charge on any atom is -0.462 e. The molecule has 0 saturated carbocycles. The number of nitrogens with one attached hydrogen (secondary N) is 1. The topological polar surface area (TPSA) is 121 Å². The summed E-state index contributed by atoms with van der Waals surface area (Å²) in [6.07, 6.45) is 2.22. The molecule has 6 heterocycles. The van der Waals surface area contributed by atoms with Gasteiger partial charge in [0.25, 0.3) is 5.91 Å². The molecule has 0 atom stereocenters. The fourth-order valence-corrected chi connectivity index (χ4v) is 6.47. The number of nitriles is 1. The highest BCUT2D eigenvalue weighted by molar-refractivity contribution is 7.21. The monoisotopic (exact) mass is 467 g/mol. The highest BCUT2D eigenvalue weighted by atomic mass is 32.1. The number of esters is 1. The molecule has 3 aromatic heterocycles. The van der Waals surface area contributed by atoms with Gasteiger partial charge in [-0.05, 0) is 38.3 Å². The molecule has 0 spiro atoms. The summed E-state index contributed by atoms with van der Waals surface area (Å²) in [6.45, 7) is 5.67.